The van der Waals surface area contributed by atoms with Crippen LogP contribution < -0.4 is 5.32 Å². The molecule has 1 N–H and O–H groups in total. The van der Waals surface area contributed by atoms with Crippen molar-refractivity contribution in [2.45, 2.75) is 13.5 Å². The van der Waals surface area contributed by atoms with Gasteiger partial charge in [0.2, 0.25) is 0 Å². The van der Waals surface area contributed by atoms with Crippen molar-refractivity contribution in [3.63, 3.8) is 0 Å². The summed E-state index contributed by atoms with van der Waals surface area (Å²) >= 11 is 0. The van der Waals surface area contributed by atoms with Crippen LogP contribution in [0.25, 0.3) is 0 Å². The Labute approximate surface area is 113 Å². The second-order valence-corrected chi connectivity index (χ2v) is 4.27. The first-order valence-corrected chi connectivity index (χ1v) is 6.16. The second kappa shape index (κ2) is 6.50. The molecule has 0 saturated heterocycles. The Balaban J connectivity index is 1.94. The lowest BCUT2D eigenvalue weighted by atomic mass is 10.1. The minimum Gasteiger partial charge on any atom is -0.384 e. The van der Waals surface area contributed by atoms with E-state index in [0.29, 0.717) is 12.1 Å². The second-order valence-electron chi connectivity index (χ2n) is 4.27. The van der Waals surface area contributed by atoms with Gasteiger partial charge in [-0.2, -0.15) is 0 Å². The van der Waals surface area contributed by atoms with E-state index in [-0.39, 0.29) is 5.78 Å². The van der Waals surface area contributed by atoms with Gasteiger partial charge in [0.15, 0.2) is 5.78 Å². The Morgan fingerprint density at radius 2 is 2.00 bits per heavy atom. The fourth-order valence-electron chi connectivity index (χ4n) is 1.68. The Hall–Kier alpha value is -2.42. The molecule has 0 unspecified atom stereocenters. The lowest BCUT2D eigenvalue weighted by Gasteiger charge is -2.06. The van der Waals surface area contributed by atoms with Crippen LogP contribution in [0.4, 0.5) is 0 Å². The Morgan fingerprint density at radius 1 is 1.21 bits per heavy atom. The highest BCUT2D eigenvalue weighted by molar-refractivity contribution is 6.04. The van der Waals surface area contributed by atoms with E-state index in [2.05, 4.69) is 10.3 Å². The van der Waals surface area contributed by atoms with Crippen LogP contribution in [-0.4, -0.2) is 10.8 Å². The predicted molar refractivity (Wildman–Crippen MR) is 75.6 cm³/mol. The summed E-state index contributed by atoms with van der Waals surface area (Å²) in [6.45, 7) is 2.55. The first kappa shape index (κ1) is 13.0. The summed E-state index contributed by atoms with van der Waals surface area (Å²) in [5.74, 6) is 0.0109. The number of aromatic nitrogens is 1. The molecule has 2 rings (SSSR count). The van der Waals surface area contributed by atoms with Crippen molar-refractivity contribution >= 4 is 5.78 Å². The maximum absolute atomic E-state index is 11.9. The number of carbonyl (C=O) groups excluding carboxylic acids is 1. The van der Waals surface area contributed by atoms with Gasteiger partial charge in [0.25, 0.3) is 0 Å². The van der Waals surface area contributed by atoms with Gasteiger partial charge in [-0.05, 0) is 18.6 Å². The number of hydrogen-bond acceptors (Lipinski definition) is 3. The third-order valence-corrected chi connectivity index (χ3v) is 2.70. The molecule has 0 radical (unpaired) electrons. The molecule has 1 aromatic carbocycles. The number of allylic oxidation sites excluding steroid dienone is 2. The van der Waals surface area contributed by atoms with Crippen molar-refractivity contribution in [1.82, 2.24) is 10.3 Å². The number of hydrogen-bond donors (Lipinski definition) is 1. The summed E-state index contributed by atoms with van der Waals surface area (Å²) in [6.07, 6.45) is 5.16. The maximum Gasteiger partial charge on any atom is 0.187 e. The number of carbonyl (C=O) groups is 1. The molecule has 1 aromatic heterocycles. The topological polar surface area (TPSA) is 42.0 Å². The number of rotatable bonds is 5. The molecule has 0 saturated carbocycles. The van der Waals surface area contributed by atoms with Crippen molar-refractivity contribution in [3.05, 3.63) is 77.8 Å². The van der Waals surface area contributed by atoms with Crippen LogP contribution >= 0.6 is 0 Å². The van der Waals surface area contributed by atoms with Gasteiger partial charge in [0.1, 0.15) is 0 Å². The molecule has 3 heteroatoms. The van der Waals surface area contributed by atoms with Gasteiger partial charge >= 0.3 is 0 Å². The van der Waals surface area contributed by atoms with E-state index in [1.54, 1.807) is 18.5 Å². The quantitative estimate of drug-likeness (QED) is 0.657. The first-order valence-electron chi connectivity index (χ1n) is 6.16. The van der Waals surface area contributed by atoms with Crippen LogP contribution in [0.3, 0.4) is 0 Å². The monoisotopic (exact) mass is 252 g/mol. The van der Waals surface area contributed by atoms with Crippen LogP contribution in [0, 0.1) is 0 Å². The molecule has 1 heterocycles. The van der Waals surface area contributed by atoms with Crippen molar-refractivity contribution < 1.29 is 4.79 Å². The molecule has 0 bridgehead atoms. The van der Waals surface area contributed by atoms with E-state index in [0.717, 1.165) is 11.3 Å². The van der Waals surface area contributed by atoms with E-state index >= 15 is 0 Å². The highest BCUT2D eigenvalue weighted by Gasteiger charge is 2.01. The highest BCUT2D eigenvalue weighted by Crippen LogP contribution is 2.03. The first-order chi connectivity index (χ1) is 9.25. The van der Waals surface area contributed by atoms with E-state index in [4.69, 9.17) is 0 Å². The molecule has 0 aliphatic rings. The van der Waals surface area contributed by atoms with Crippen LogP contribution in [0.2, 0.25) is 0 Å². The van der Waals surface area contributed by atoms with Gasteiger partial charge in [0, 0.05) is 36.3 Å². The number of ketones is 1. The van der Waals surface area contributed by atoms with Crippen molar-refractivity contribution in [2.75, 3.05) is 0 Å². The number of nitrogens with one attached hydrogen (secondary N) is 1. The Kier molecular flexibility index (Phi) is 4.45. The average Bonchev–Trinajstić information content (AvgIpc) is 2.47. The summed E-state index contributed by atoms with van der Waals surface area (Å²) in [4.78, 5) is 16.0. The molecule has 19 heavy (non-hydrogen) atoms. The summed E-state index contributed by atoms with van der Waals surface area (Å²) in [5.41, 5.74) is 2.63. The van der Waals surface area contributed by atoms with Gasteiger partial charge < -0.3 is 5.32 Å². The van der Waals surface area contributed by atoms with Crippen LogP contribution in [0.15, 0.2) is 66.6 Å². The lowest BCUT2D eigenvalue weighted by Crippen LogP contribution is -2.12. The predicted octanol–water partition coefficient (Wildman–Crippen LogP) is 2.96. The summed E-state index contributed by atoms with van der Waals surface area (Å²) in [5, 5.41) is 3.20. The molecule has 0 amide bonds. The lowest BCUT2D eigenvalue weighted by molar-refractivity contribution is 0.104. The van der Waals surface area contributed by atoms with E-state index in [1.165, 1.54) is 0 Å². The fourth-order valence-corrected chi connectivity index (χ4v) is 1.68. The smallest absolute Gasteiger partial charge is 0.187 e. The number of benzene rings is 1. The number of nitrogens with zero attached hydrogens (tertiary/aromatic N) is 1. The van der Waals surface area contributed by atoms with E-state index in [1.807, 2.05) is 49.4 Å². The van der Waals surface area contributed by atoms with Gasteiger partial charge in [-0.3, -0.25) is 9.78 Å². The molecule has 0 aliphatic heterocycles. The van der Waals surface area contributed by atoms with E-state index in [9.17, 15) is 4.79 Å². The standard InChI is InChI=1S/C16H16N2O/c1-13(18-12-14-6-5-9-17-11-14)10-16(19)15-7-3-2-4-8-15/h2-11,18H,12H2,1H3. The maximum atomic E-state index is 11.9. The summed E-state index contributed by atoms with van der Waals surface area (Å²) < 4.78 is 0. The molecule has 2 aromatic rings. The Morgan fingerprint density at radius 3 is 2.68 bits per heavy atom. The normalized spacial score (nSPS) is 11.1. The zero-order chi connectivity index (χ0) is 13.5. The van der Waals surface area contributed by atoms with Crippen molar-refractivity contribution in [1.29, 1.82) is 0 Å². The summed E-state index contributed by atoms with van der Waals surface area (Å²) in [6, 6.07) is 13.1. The van der Waals surface area contributed by atoms with Gasteiger partial charge in [-0.25, -0.2) is 0 Å². The molecular weight excluding hydrogens is 236 g/mol. The average molecular weight is 252 g/mol. The largest absolute Gasteiger partial charge is 0.384 e. The van der Waals surface area contributed by atoms with Crippen LogP contribution in [-0.2, 0) is 6.54 Å². The van der Waals surface area contributed by atoms with Crippen molar-refractivity contribution in [3.8, 4) is 0 Å². The molecular formula is C16H16N2O. The van der Waals surface area contributed by atoms with Gasteiger partial charge in [-0.15, -0.1) is 0 Å². The zero-order valence-electron chi connectivity index (χ0n) is 10.8. The third-order valence-electron chi connectivity index (χ3n) is 2.70. The summed E-state index contributed by atoms with van der Waals surface area (Å²) in [7, 11) is 0. The SMILES string of the molecule is CC(=CC(=O)c1ccccc1)NCc1cccnc1. The minimum absolute atomic E-state index is 0.0109. The highest BCUT2D eigenvalue weighted by atomic mass is 16.1. The van der Waals surface area contributed by atoms with Gasteiger partial charge in [-0.1, -0.05) is 36.4 Å². The fraction of sp³-hybridized carbons (Fsp3) is 0.125. The molecule has 3 nitrogen and oxygen atoms in total. The molecule has 0 aliphatic carbocycles. The third kappa shape index (κ3) is 4.07. The van der Waals surface area contributed by atoms with Crippen molar-refractivity contribution in [2.24, 2.45) is 0 Å². The zero-order valence-corrected chi connectivity index (χ0v) is 10.8. The molecule has 0 spiro atoms. The van der Waals surface area contributed by atoms with Crippen LogP contribution in [0.1, 0.15) is 22.8 Å². The number of pyridine rings is 1. The van der Waals surface area contributed by atoms with E-state index < -0.39 is 0 Å². The van der Waals surface area contributed by atoms with Gasteiger partial charge in [0.05, 0.1) is 0 Å². The van der Waals surface area contributed by atoms with Crippen LogP contribution in [0.5, 0.6) is 0 Å². The molecule has 96 valence electrons. The molecule has 0 atom stereocenters. The minimum atomic E-state index is 0.0109. The molecule has 0 fully saturated rings. The Bertz CT molecular complexity index is 562.